The molecule has 2 N–H and O–H groups in total. The molecule has 0 bridgehead atoms. The second kappa shape index (κ2) is 6.57. The number of hydrogen-bond donors (Lipinski definition) is 2. The van der Waals surface area contributed by atoms with Crippen LogP contribution in [0.5, 0.6) is 11.5 Å². The number of fused-ring (bicyclic) bond motifs is 1. The van der Waals surface area contributed by atoms with Gasteiger partial charge in [-0.2, -0.15) is 4.39 Å². The van der Waals surface area contributed by atoms with Crippen molar-refractivity contribution in [3.8, 4) is 11.5 Å². The molecular weight excluding hydrogens is 346 g/mol. The van der Waals surface area contributed by atoms with Crippen LogP contribution in [-0.2, 0) is 0 Å². The number of piperidine rings is 1. The van der Waals surface area contributed by atoms with Crippen molar-refractivity contribution in [2.45, 2.75) is 38.8 Å². The van der Waals surface area contributed by atoms with E-state index >= 15 is 0 Å². The topological polar surface area (TPSA) is 71.0 Å². The number of rotatable bonds is 3. The van der Waals surface area contributed by atoms with E-state index in [1.54, 1.807) is 4.90 Å². The molecule has 2 amide bonds. The van der Waals surface area contributed by atoms with Crippen LogP contribution in [0.15, 0.2) is 6.07 Å². The summed E-state index contributed by atoms with van der Waals surface area (Å²) in [7, 11) is 2.38. The first-order chi connectivity index (χ1) is 12.2. The number of halogens is 2. The third-order valence-electron chi connectivity index (χ3n) is 5.65. The maximum atomic E-state index is 14.3. The summed E-state index contributed by atoms with van der Waals surface area (Å²) in [4.78, 5) is 14.4. The van der Waals surface area contributed by atoms with Gasteiger partial charge in [0.05, 0.1) is 26.0 Å². The Morgan fingerprint density at radius 3 is 2.58 bits per heavy atom. The van der Waals surface area contributed by atoms with Gasteiger partial charge in [-0.15, -0.1) is 0 Å². The first-order valence-corrected chi connectivity index (χ1v) is 8.59. The van der Waals surface area contributed by atoms with Crippen molar-refractivity contribution < 1.29 is 28.2 Å². The van der Waals surface area contributed by atoms with Gasteiger partial charge in [0.1, 0.15) is 0 Å². The number of anilines is 1. The third-order valence-corrected chi connectivity index (χ3v) is 5.65. The van der Waals surface area contributed by atoms with Crippen LogP contribution in [0.4, 0.5) is 19.3 Å². The van der Waals surface area contributed by atoms with Crippen LogP contribution in [0.3, 0.4) is 0 Å². The van der Waals surface area contributed by atoms with Crippen molar-refractivity contribution >= 4 is 11.7 Å². The second-order valence-corrected chi connectivity index (χ2v) is 7.43. The van der Waals surface area contributed by atoms with Crippen molar-refractivity contribution in [3.63, 3.8) is 0 Å². The molecule has 26 heavy (non-hydrogen) atoms. The number of nitrogens with one attached hydrogen (secondary N) is 1. The van der Waals surface area contributed by atoms with Gasteiger partial charge in [0.25, 0.3) is 0 Å². The fourth-order valence-corrected chi connectivity index (χ4v) is 4.40. The van der Waals surface area contributed by atoms with Crippen molar-refractivity contribution in [1.29, 1.82) is 0 Å². The van der Waals surface area contributed by atoms with Crippen LogP contribution in [0.25, 0.3) is 0 Å². The number of likely N-dealkylation sites (tertiary alicyclic amines) is 1. The first kappa shape index (κ1) is 18.7. The Kier molecular flexibility index (Phi) is 4.72. The maximum Gasteiger partial charge on any atom is 0.322 e. The third kappa shape index (κ3) is 2.67. The summed E-state index contributed by atoms with van der Waals surface area (Å²) in [5, 5.41) is 12.8. The van der Waals surface area contributed by atoms with E-state index in [2.05, 4.69) is 5.32 Å². The van der Waals surface area contributed by atoms with Gasteiger partial charge >= 0.3 is 6.03 Å². The molecular formula is C18H24F2N2O4. The smallest absolute Gasteiger partial charge is 0.322 e. The normalized spacial score (nSPS) is 26.6. The largest absolute Gasteiger partial charge is 0.491 e. The van der Waals surface area contributed by atoms with Gasteiger partial charge < -0.3 is 24.8 Å². The molecule has 3 rings (SSSR count). The molecule has 0 radical (unpaired) electrons. The van der Waals surface area contributed by atoms with Crippen LogP contribution >= 0.6 is 0 Å². The Labute approximate surface area is 151 Å². The predicted molar refractivity (Wildman–Crippen MR) is 91.5 cm³/mol. The molecule has 1 saturated carbocycles. The van der Waals surface area contributed by atoms with Gasteiger partial charge in [-0.3, -0.25) is 0 Å². The monoisotopic (exact) mass is 370 g/mol. The summed E-state index contributed by atoms with van der Waals surface area (Å²) in [6.45, 7) is 4.35. The van der Waals surface area contributed by atoms with Gasteiger partial charge in [0.2, 0.25) is 5.82 Å². The second-order valence-electron chi connectivity index (χ2n) is 7.43. The van der Waals surface area contributed by atoms with Crippen LogP contribution in [0.1, 0.15) is 26.7 Å². The molecule has 1 saturated heterocycles. The highest BCUT2D eigenvalue weighted by Gasteiger charge is 2.60. The summed E-state index contributed by atoms with van der Waals surface area (Å²) in [6.07, 6.45) is 1.16. The van der Waals surface area contributed by atoms with Gasteiger partial charge in [-0.25, -0.2) is 9.18 Å². The number of carbonyl (C=O) groups is 1. The molecule has 2 fully saturated rings. The van der Waals surface area contributed by atoms with Gasteiger partial charge in [0.15, 0.2) is 17.3 Å². The van der Waals surface area contributed by atoms with E-state index in [4.69, 9.17) is 9.47 Å². The van der Waals surface area contributed by atoms with Crippen molar-refractivity contribution in [2.24, 2.45) is 11.3 Å². The van der Waals surface area contributed by atoms with E-state index in [1.165, 1.54) is 7.11 Å². The fraction of sp³-hybridized carbons (Fsp3) is 0.611. The standard InChI is InChI=1S/C18H24F2N2O4/c1-18(2)15-9(16(18)23)6-5-7-22(15)17(24)21-11-8-10(19)13(25-3)12(20)14(11)26-4/h8-9,15-16,23H,5-7H2,1-4H3,(H,21,24)/t9-,15+,16-/m0/s1. The van der Waals surface area contributed by atoms with E-state index in [9.17, 15) is 18.7 Å². The molecule has 1 aromatic rings. The summed E-state index contributed by atoms with van der Waals surface area (Å²) in [5.74, 6) is -2.78. The number of carbonyl (C=O) groups excluding carboxylic acids is 1. The minimum Gasteiger partial charge on any atom is -0.491 e. The lowest BCUT2D eigenvalue weighted by Gasteiger charge is -2.61. The van der Waals surface area contributed by atoms with E-state index in [0.29, 0.717) is 6.54 Å². The summed E-state index contributed by atoms with van der Waals surface area (Å²) < 4.78 is 38.0. The lowest BCUT2D eigenvalue weighted by molar-refractivity contribution is -0.178. The van der Waals surface area contributed by atoms with Crippen molar-refractivity contribution in [2.75, 3.05) is 26.1 Å². The molecule has 2 aliphatic rings. The molecule has 6 nitrogen and oxygen atoms in total. The van der Waals surface area contributed by atoms with Gasteiger partial charge in [-0.1, -0.05) is 13.8 Å². The highest BCUT2D eigenvalue weighted by Crippen LogP contribution is 2.52. The summed E-state index contributed by atoms with van der Waals surface area (Å²) in [6, 6.07) is 0.382. The Balaban J connectivity index is 1.86. The molecule has 1 aliphatic carbocycles. The molecule has 3 atom stereocenters. The molecule has 144 valence electrons. The number of methoxy groups -OCH3 is 2. The van der Waals surface area contributed by atoms with Crippen molar-refractivity contribution in [1.82, 2.24) is 4.90 Å². The number of aliphatic hydroxyl groups is 1. The number of aliphatic hydroxyl groups excluding tert-OH is 1. The Hall–Kier alpha value is -2.09. The average Bonchev–Trinajstić information content (AvgIpc) is 2.61. The minimum absolute atomic E-state index is 0.0238. The number of hydrogen-bond acceptors (Lipinski definition) is 4. The molecule has 1 aromatic carbocycles. The molecule has 0 aromatic heterocycles. The number of nitrogens with zero attached hydrogens (tertiary/aromatic N) is 1. The molecule has 8 heteroatoms. The number of amides is 2. The van der Waals surface area contributed by atoms with Crippen LogP contribution in [0.2, 0.25) is 0 Å². The minimum atomic E-state index is -1.01. The van der Waals surface area contributed by atoms with Crippen molar-refractivity contribution in [3.05, 3.63) is 17.7 Å². The zero-order valence-corrected chi connectivity index (χ0v) is 15.3. The quantitative estimate of drug-likeness (QED) is 0.858. The lowest BCUT2D eigenvalue weighted by atomic mass is 9.54. The highest BCUT2D eigenvalue weighted by atomic mass is 19.1. The zero-order valence-electron chi connectivity index (χ0n) is 15.3. The fourth-order valence-electron chi connectivity index (χ4n) is 4.40. The Morgan fingerprint density at radius 2 is 1.96 bits per heavy atom. The maximum absolute atomic E-state index is 14.3. The van der Waals surface area contributed by atoms with Crippen LogP contribution < -0.4 is 14.8 Å². The highest BCUT2D eigenvalue weighted by molar-refractivity contribution is 5.91. The number of urea groups is 1. The first-order valence-electron chi connectivity index (χ1n) is 8.59. The number of benzene rings is 1. The zero-order chi connectivity index (χ0) is 19.2. The van der Waals surface area contributed by atoms with E-state index < -0.39 is 34.9 Å². The average molecular weight is 370 g/mol. The van der Waals surface area contributed by atoms with E-state index in [-0.39, 0.29) is 23.4 Å². The SMILES string of the molecule is COc1c(F)cc(NC(=O)N2CCC[C@@H]3[C@H](O)C(C)(C)[C@@H]32)c(OC)c1F. The Morgan fingerprint density at radius 1 is 1.31 bits per heavy atom. The van der Waals surface area contributed by atoms with Gasteiger partial charge in [0, 0.05) is 30.0 Å². The lowest BCUT2D eigenvalue weighted by Crippen LogP contribution is -2.71. The molecule has 0 unspecified atom stereocenters. The van der Waals surface area contributed by atoms with E-state index in [0.717, 1.165) is 26.0 Å². The Bertz CT molecular complexity index is 726. The molecule has 1 heterocycles. The number of ether oxygens (including phenoxy) is 2. The van der Waals surface area contributed by atoms with E-state index in [1.807, 2.05) is 13.8 Å². The molecule has 1 aliphatic heterocycles. The van der Waals surface area contributed by atoms with Crippen LogP contribution in [0, 0.1) is 23.0 Å². The summed E-state index contributed by atoms with van der Waals surface area (Å²) in [5.41, 5.74) is -0.531. The summed E-state index contributed by atoms with van der Waals surface area (Å²) >= 11 is 0. The predicted octanol–water partition coefficient (Wildman–Crippen LogP) is 3.00. The van der Waals surface area contributed by atoms with Crippen LogP contribution in [-0.4, -0.2) is 48.9 Å². The van der Waals surface area contributed by atoms with Gasteiger partial charge in [-0.05, 0) is 12.8 Å². The molecule has 0 spiro atoms.